The Hall–Kier alpha value is -1.38. The van der Waals surface area contributed by atoms with Gasteiger partial charge in [-0.05, 0) is 45.8 Å². The van der Waals surface area contributed by atoms with Crippen LogP contribution in [0.25, 0.3) is 0 Å². The third-order valence-electron chi connectivity index (χ3n) is 2.66. The standard InChI is InChI=1S/C15H10Br2FNO/c16-7-12-2-1-3-14(17)15(12)20-9-11-4-10(8-19)5-13(18)6-11/h1-6H,7,9H2. The average Bonchev–Trinajstić information content (AvgIpc) is 2.45. The normalized spacial score (nSPS) is 10.1. The Balaban J connectivity index is 2.21. The van der Waals surface area contributed by atoms with E-state index in [1.165, 1.54) is 12.1 Å². The van der Waals surface area contributed by atoms with Gasteiger partial charge in [0.1, 0.15) is 18.2 Å². The van der Waals surface area contributed by atoms with Crippen LogP contribution in [0.4, 0.5) is 4.39 Å². The Kier molecular flexibility index (Phi) is 5.16. The number of ether oxygens (including phenoxy) is 1. The van der Waals surface area contributed by atoms with Crippen LogP contribution in [0.2, 0.25) is 0 Å². The van der Waals surface area contributed by atoms with Gasteiger partial charge in [0, 0.05) is 10.9 Å². The van der Waals surface area contributed by atoms with Gasteiger partial charge in [-0.15, -0.1) is 0 Å². The van der Waals surface area contributed by atoms with Crippen LogP contribution in [-0.2, 0) is 11.9 Å². The molecule has 2 aromatic rings. The van der Waals surface area contributed by atoms with Gasteiger partial charge in [-0.2, -0.15) is 5.26 Å². The first-order chi connectivity index (χ1) is 9.63. The van der Waals surface area contributed by atoms with Gasteiger partial charge < -0.3 is 4.74 Å². The van der Waals surface area contributed by atoms with E-state index in [4.69, 9.17) is 10.00 Å². The van der Waals surface area contributed by atoms with E-state index in [1.807, 2.05) is 24.3 Å². The quantitative estimate of drug-likeness (QED) is 0.683. The summed E-state index contributed by atoms with van der Waals surface area (Å²) in [6, 6.07) is 11.9. The summed E-state index contributed by atoms with van der Waals surface area (Å²) in [5.74, 6) is 0.280. The fraction of sp³-hybridized carbons (Fsp3) is 0.133. The highest BCUT2D eigenvalue weighted by molar-refractivity contribution is 9.10. The molecule has 102 valence electrons. The lowest BCUT2D eigenvalue weighted by atomic mass is 10.1. The number of para-hydroxylation sites is 1. The zero-order valence-corrected chi connectivity index (χ0v) is 13.5. The van der Waals surface area contributed by atoms with Crippen molar-refractivity contribution in [2.24, 2.45) is 0 Å². The zero-order chi connectivity index (χ0) is 14.5. The molecule has 0 saturated carbocycles. The van der Waals surface area contributed by atoms with Gasteiger partial charge in [0.2, 0.25) is 0 Å². The minimum atomic E-state index is -0.435. The predicted octanol–water partition coefficient (Wildman–Crippen LogP) is 4.93. The Morgan fingerprint density at radius 3 is 2.75 bits per heavy atom. The van der Waals surface area contributed by atoms with Gasteiger partial charge >= 0.3 is 0 Å². The van der Waals surface area contributed by atoms with Gasteiger partial charge in [-0.25, -0.2) is 4.39 Å². The Morgan fingerprint density at radius 2 is 2.05 bits per heavy atom. The van der Waals surface area contributed by atoms with Crippen molar-refractivity contribution in [1.82, 2.24) is 0 Å². The van der Waals surface area contributed by atoms with Crippen molar-refractivity contribution in [2.45, 2.75) is 11.9 Å². The molecule has 0 N–H and O–H groups in total. The second-order valence-corrected chi connectivity index (χ2v) is 5.53. The lowest BCUT2D eigenvalue weighted by Gasteiger charge is -2.12. The van der Waals surface area contributed by atoms with E-state index >= 15 is 0 Å². The molecule has 0 heterocycles. The number of halogens is 3. The van der Waals surface area contributed by atoms with Crippen LogP contribution >= 0.6 is 31.9 Å². The summed E-state index contributed by atoms with van der Waals surface area (Å²) >= 11 is 6.83. The molecule has 0 aliphatic carbocycles. The largest absolute Gasteiger partial charge is 0.487 e. The molecule has 0 aromatic heterocycles. The highest BCUT2D eigenvalue weighted by Gasteiger charge is 2.08. The maximum Gasteiger partial charge on any atom is 0.138 e. The number of hydrogen-bond donors (Lipinski definition) is 0. The summed E-state index contributed by atoms with van der Waals surface area (Å²) in [6.45, 7) is 0.203. The molecule has 0 amide bonds. The minimum absolute atomic E-state index is 0.203. The molecule has 0 aliphatic rings. The summed E-state index contributed by atoms with van der Waals surface area (Å²) in [7, 11) is 0. The maximum absolute atomic E-state index is 13.3. The van der Waals surface area contributed by atoms with Crippen molar-refractivity contribution >= 4 is 31.9 Å². The molecule has 20 heavy (non-hydrogen) atoms. The van der Waals surface area contributed by atoms with Crippen molar-refractivity contribution in [1.29, 1.82) is 5.26 Å². The van der Waals surface area contributed by atoms with Crippen LogP contribution in [0.5, 0.6) is 5.75 Å². The van der Waals surface area contributed by atoms with Crippen LogP contribution in [-0.4, -0.2) is 0 Å². The molecule has 5 heteroatoms. The first-order valence-electron chi connectivity index (χ1n) is 5.79. The van der Waals surface area contributed by atoms with Gasteiger partial charge in [0.15, 0.2) is 0 Å². The Bertz CT molecular complexity index is 667. The minimum Gasteiger partial charge on any atom is -0.487 e. The van der Waals surface area contributed by atoms with Crippen LogP contribution < -0.4 is 4.74 Å². The molecule has 0 saturated heterocycles. The molecular formula is C15H10Br2FNO. The third-order valence-corrected chi connectivity index (χ3v) is 3.89. The molecular weight excluding hydrogens is 389 g/mol. The van der Waals surface area contributed by atoms with Crippen molar-refractivity contribution in [2.75, 3.05) is 0 Å². The molecule has 2 rings (SSSR count). The van der Waals surface area contributed by atoms with E-state index in [0.29, 0.717) is 16.6 Å². The van der Waals surface area contributed by atoms with Crippen molar-refractivity contribution in [3.05, 3.63) is 63.4 Å². The van der Waals surface area contributed by atoms with Crippen molar-refractivity contribution in [3.63, 3.8) is 0 Å². The highest BCUT2D eigenvalue weighted by atomic mass is 79.9. The van der Waals surface area contributed by atoms with Gasteiger partial charge in [0.05, 0.1) is 16.1 Å². The lowest BCUT2D eigenvalue weighted by molar-refractivity contribution is 0.301. The Labute approximate surface area is 133 Å². The third kappa shape index (κ3) is 3.59. The van der Waals surface area contributed by atoms with Gasteiger partial charge in [-0.1, -0.05) is 28.1 Å². The maximum atomic E-state index is 13.3. The van der Waals surface area contributed by atoms with Crippen LogP contribution in [0, 0.1) is 17.1 Å². The smallest absolute Gasteiger partial charge is 0.138 e. The number of benzene rings is 2. The van der Waals surface area contributed by atoms with E-state index in [9.17, 15) is 4.39 Å². The van der Waals surface area contributed by atoms with Crippen LogP contribution in [0.15, 0.2) is 40.9 Å². The fourth-order valence-corrected chi connectivity index (χ4v) is 2.74. The van der Waals surface area contributed by atoms with E-state index in [0.717, 1.165) is 10.0 Å². The topological polar surface area (TPSA) is 33.0 Å². The molecule has 0 unspecified atom stereocenters. The van der Waals surface area contributed by atoms with E-state index < -0.39 is 5.82 Å². The Morgan fingerprint density at radius 1 is 1.25 bits per heavy atom. The van der Waals surface area contributed by atoms with Crippen LogP contribution in [0.1, 0.15) is 16.7 Å². The fourth-order valence-electron chi connectivity index (χ4n) is 1.77. The molecule has 0 atom stereocenters. The van der Waals surface area contributed by atoms with E-state index in [2.05, 4.69) is 31.9 Å². The zero-order valence-electron chi connectivity index (χ0n) is 10.4. The number of rotatable bonds is 4. The first kappa shape index (κ1) is 15.0. The van der Waals surface area contributed by atoms with Crippen LogP contribution in [0.3, 0.4) is 0 Å². The van der Waals surface area contributed by atoms with Gasteiger partial charge in [-0.3, -0.25) is 0 Å². The number of nitriles is 1. The lowest BCUT2D eigenvalue weighted by Crippen LogP contribution is -2.00. The molecule has 0 spiro atoms. The number of nitrogens with zero attached hydrogens (tertiary/aromatic N) is 1. The monoisotopic (exact) mass is 397 g/mol. The first-order valence-corrected chi connectivity index (χ1v) is 7.71. The van der Waals surface area contributed by atoms with Gasteiger partial charge in [0.25, 0.3) is 0 Å². The highest BCUT2D eigenvalue weighted by Crippen LogP contribution is 2.31. The second-order valence-electron chi connectivity index (χ2n) is 4.11. The van der Waals surface area contributed by atoms with Crippen molar-refractivity contribution in [3.8, 4) is 11.8 Å². The summed E-state index contributed by atoms with van der Waals surface area (Å²) in [6.07, 6.45) is 0. The van der Waals surface area contributed by atoms with E-state index in [1.54, 1.807) is 6.07 Å². The number of hydrogen-bond acceptors (Lipinski definition) is 2. The summed E-state index contributed by atoms with van der Waals surface area (Å²) < 4.78 is 19.9. The average molecular weight is 399 g/mol. The van der Waals surface area contributed by atoms with E-state index in [-0.39, 0.29) is 12.2 Å². The van der Waals surface area contributed by atoms with Crippen molar-refractivity contribution < 1.29 is 9.13 Å². The molecule has 0 bridgehead atoms. The molecule has 2 aromatic carbocycles. The SMILES string of the molecule is N#Cc1cc(F)cc(COc2c(Br)cccc2CBr)c1. The second kappa shape index (κ2) is 6.87. The summed E-state index contributed by atoms with van der Waals surface area (Å²) in [5.41, 5.74) is 1.91. The molecule has 0 aliphatic heterocycles. The molecule has 0 radical (unpaired) electrons. The predicted molar refractivity (Wildman–Crippen MR) is 82.2 cm³/mol. The summed E-state index contributed by atoms with van der Waals surface area (Å²) in [5, 5.41) is 9.49. The summed E-state index contributed by atoms with van der Waals surface area (Å²) in [4.78, 5) is 0. The molecule has 2 nitrogen and oxygen atoms in total. The molecule has 0 fully saturated rings. The number of alkyl halides is 1.